The van der Waals surface area contributed by atoms with Gasteiger partial charge >= 0.3 is 0 Å². The van der Waals surface area contributed by atoms with Crippen LogP contribution in [0.15, 0.2) is 30.0 Å². The molecule has 2 aliphatic heterocycles. The van der Waals surface area contributed by atoms with Gasteiger partial charge in [-0.1, -0.05) is 51.3 Å². The summed E-state index contributed by atoms with van der Waals surface area (Å²) in [6.07, 6.45) is 6.35. The van der Waals surface area contributed by atoms with Crippen LogP contribution < -0.4 is 4.74 Å². The highest BCUT2D eigenvalue weighted by molar-refractivity contribution is 6.36. The van der Waals surface area contributed by atoms with E-state index in [1.807, 2.05) is 24.3 Å². The first-order chi connectivity index (χ1) is 13.6. The molecule has 0 spiro atoms. The van der Waals surface area contributed by atoms with E-state index in [1.165, 1.54) is 4.90 Å². The number of hydrogen-bond acceptors (Lipinski definition) is 4. The predicted octanol–water partition coefficient (Wildman–Crippen LogP) is 4.09. The first-order valence-corrected chi connectivity index (χ1v) is 10.6. The van der Waals surface area contributed by atoms with Crippen LogP contribution in [0.5, 0.6) is 5.75 Å². The third kappa shape index (κ3) is 4.08. The minimum atomic E-state index is -0.181. The second-order valence-electron chi connectivity index (χ2n) is 7.94. The summed E-state index contributed by atoms with van der Waals surface area (Å²) in [5.41, 5.74) is 1.79. The predicted molar refractivity (Wildman–Crippen MR) is 111 cm³/mol. The summed E-state index contributed by atoms with van der Waals surface area (Å²) in [4.78, 5) is 30.3. The van der Waals surface area contributed by atoms with Crippen molar-refractivity contribution in [2.24, 2.45) is 5.92 Å². The molecule has 1 fully saturated rings. The van der Waals surface area contributed by atoms with E-state index in [-0.39, 0.29) is 11.8 Å². The fourth-order valence-corrected chi connectivity index (χ4v) is 4.24. The van der Waals surface area contributed by atoms with Crippen molar-refractivity contribution in [3.63, 3.8) is 0 Å². The molecule has 0 aromatic heterocycles. The fourth-order valence-electron chi connectivity index (χ4n) is 4.24. The molecule has 1 aromatic rings. The monoisotopic (exact) mass is 384 g/mol. The van der Waals surface area contributed by atoms with E-state index in [0.717, 1.165) is 51.6 Å². The number of unbranched alkanes of at least 4 members (excludes halogenated alkanes) is 3. The smallest absolute Gasteiger partial charge is 0.277 e. The van der Waals surface area contributed by atoms with E-state index in [0.29, 0.717) is 35.0 Å². The molecule has 0 radical (unpaired) electrons. The molecule has 2 heterocycles. The molecule has 5 heteroatoms. The van der Waals surface area contributed by atoms with E-state index in [4.69, 9.17) is 4.74 Å². The van der Waals surface area contributed by atoms with E-state index in [2.05, 4.69) is 18.7 Å². The lowest BCUT2D eigenvalue weighted by atomic mass is 9.97. The molecule has 2 amide bonds. The largest absolute Gasteiger partial charge is 0.496 e. The molecule has 1 atom stereocenters. The maximum atomic E-state index is 13.3. The topological polar surface area (TPSA) is 49.9 Å². The van der Waals surface area contributed by atoms with Gasteiger partial charge in [0.25, 0.3) is 11.8 Å². The number of benzene rings is 1. The summed E-state index contributed by atoms with van der Waals surface area (Å²) < 4.78 is 5.51. The van der Waals surface area contributed by atoms with Crippen LogP contribution >= 0.6 is 0 Å². The zero-order valence-corrected chi connectivity index (χ0v) is 17.4. The number of nitrogens with zero attached hydrogens (tertiary/aromatic N) is 2. The van der Waals surface area contributed by atoms with Crippen molar-refractivity contribution in [1.82, 2.24) is 9.80 Å². The Labute approximate surface area is 168 Å². The number of hydrogen-bond donors (Lipinski definition) is 0. The lowest BCUT2D eigenvalue weighted by molar-refractivity contribution is -0.137. The van der Waals surface area contributed by atoms with Crippen molar-refractivity contribution in [3.8, 4) is 5.75 Å². The number of para-hydroxylation sites is 1. The first kappa shape index (κ1) is 20.4. The summed E-state index contributed by atoms with van der Waals surface area (Å²) in [5, 5.41) is 0. The van der Waals surface area contributed by atoms with Crippen LogP contribution in [0.1, 0.15) is 57.9 Å². The number of carbonyl (C=O) groups excluding carboxylic acids is 2. The first-order valence-electron chi connectivity index (χ1n) is 10.6. The highest BCUT2D eigenvalue weighted by atomic mass is 16.5. The van der Waals surface area contributed by atoms with Gasteiger partial charge in [0.05, 0.1) is 12.7 Å². The Kier molecular flexibility index (Phi) is 6.76. The number of likely N-dealkylation sites (tertiary alicyclic amines) is 1. The normalized spacial score (nSPS) is 20.3. The molecule has 0 bridgehead atoms. The number of amides is 2. The second-order valence-corrected chi connectivity index (χ2v) is 7.94. The van der Waals surface area contributed by atoms with Gasteiger partial charge in [0, 0.05) is 25.2 Å². The molecule has 28 heavy (non-hydrogen) atoms. The molecule has 0 saturated carbocycles. The van der Waals surface area contributed by atoms with Gasteiger partial charge in [-0.15, -0.1) is 0 Å². The number of ether oxygens (including phenoxy) is 1. The minimum Gasteiger partial charge on any atom is -0.496 e. The van der Waals surface area contributed by atoms with Gasteiger partial charge in [-0.25, -0.2) is 0 Å². The van der Waals surface area contributed by atoms with Gasteiger partial charge in [-0.05, 0) is 31.2 Å². The van der Waals surface area contributed by atoms with Crippen LogP contribution in [0, 0.1) is 5.92 Å². The quantitative estimate of drug-likeness (QED) is 0.500. The second kappa shape index (κ2) is 9.26. The lowest BCUT2D eigenvalue weighted by Gasteiger charge is -2.33. The van der Waals surface area contributed by atoms with Crippen molar-refractivity contribution in [1.29, 1.82) is 0 Å². The Bertz CT molecular complexity index is 756. The van der Waals surface area contributed by atoms with Gasteiger partial charge in [-0.3, -0.25) is 14.5 Å². The average Bonchev–Trinajstić information content (AvgIpc) is 2.95. The lowest BCUT2D eigenvalue weighted by Crippen LogP contribution is -2.39. The number of piperidine rings is 1. The minimum absolute atomic E-state index is 0.142. The third-order valence-corrected chi connectivity index (χ3v) is 5.73. The summed E-state index contributed by atoms with van der Waals surface area (Å²) in [5.74, 6) is 0.825. The molecule has 0 aliphatic carbocycles. The van der Waals surface area contributed by atoms with Crippen molar-refractivity contribution < 1.29 is 14.3 Å². The summed E-state index contributed by atoms with van der Waals surface area (Å²) in [6, 6.07) is 7.51. The Balaban J connectivity index is 1.97. The van der Waals surface area contributed by atoms with Gasteiger partial charge in [0.2, 0.25) is 0 Å². The fraction of sp³-hybridized carbons (Fsp3) is 0.565. The highest BCUT2D eigenvalue weighted by Gasteiger charge is 2.42. The molecule has 5 nitrogen and oxygen atoms in total. The SMILES string of the molecule is CCCCCCN1C(=O)C(c2ccccc2OC)=C(N2CCCC(C)C2)C1=O. The van der Waals surface area contributed by atoms with Crippen LogP contribution in [-0.2, 0) is 9.59 Å². The maximum Gasteiger partial charge on any atom is 0.277 e. The van der Waals surface area contributed by atoms with Gasteiger partial charge < -0.3 is 9.64 Å². The Morgan fingerprint density at radius 3 is 2.61 bits per heavy atom. The van der Waals surface area contributed by atoms with E-state index in [9.17, 15) is 9.59 Å². The maximum absolute atomic E-state index is 13.3. The Morgan fingerprint density at radius 2 is 1.89 bits per heavy atom. The highest BCUT2D eigenvalue weighted by Crippen LogP contribution is 2.37. The number of rotatable bonds is 8. The van der Waals surface area contributed by atoms with E-state index < -0.39 is 0 Å². The van der Waals surface area contributed by atoms with Crippen LogP contribution in [0.2, 0.25) is 0 Å². The van der Waals surface area contributed by atoms with Crippen molar-refractivity contribution in [3.05, 3.63) is 35.5 Å². The van der Waals surface area contributed by atoms with Crippen LogP contribution in [0.4, 0.5) is 0 Å². The van der Waals surface area contributed by atoms with Gasteiger partial charge in [0.1, 0.15) is 11.4 Å². The van der Waals surface area contributed by atoms with Crippen LogP contribution in [0.25, 0.3) is 5.57 Å². The molecule has 3 rings (SSSR count). The molecule has 1 saturated heterocycles. The molecular formula is C23H32N2O3. The number of methoxy groups -OCH3 is 1. The van der Waals surface area contributed by atoms with Crippen molar-refractivity contribution >= 4 is 17.4 Å². The third-order valence-electron chi connectivity index (χ3n) is 5.73. The Morgan fingerprint density at radius 1 is 1.11 bits per heavy atom. The number of carbonyl (C=O) groups is 2. The van der Waals surface area contributed by atoms with Crippen LogP contribution in [0.3, 0.4) is 0 Å². The summed E-state index contributed by atoms with van der Waals surface area (Å²) in [7, 11) is 1.60. The van der Waals surface area contributed by atoms with E-state index >= 15 is 0 Å². The van der Waals surface area contributed by atoms with Gasteiger partial charge in [0.15, 0.2) is 0 Å². The Hall–Kier alpha value is -2.30. The average molecular weight is 385 g/mol. The summed E-state index contributed by atoms with van der Waals surface area (Å²) >= 11 is 0. The van der Waals surface area contributed by atoms with Gasteiger partial charge in [-0.2, -0.15) is 0 Å². The molecular weight excluding hydrogens is 352 g/mol. The van der Waals surface area contributed by atoms with Crippen LogP contribution in [-0.4, -0.2) is 48.4 Å². The molecule has 0 N–H and O–H groups in total. The number of imide groups is 1. The molecule has 152 valence electrons. The summed E-state index contributed by atoms with van der Waals surface area (Å²) in [6.45, 7) is 6.49. The zero-order chi connectivity index (χ0) is 20.1. The zero-order valence-electron chi connectivity index (χ0n) is 17.4. The van der Waals surface area contributed by atoms with E-state index in [1.54, 1.807) is 7.11 Å². The molecule has 1 aromatic carbocycles. The standard InChI is InChI=1S/C23H32N2O3/c1-4-5-6-9-15-25-22(26)20(18-12-7-8-13-19(18)28-3)21(23(25)27)24-14-10-11-17(2)16-24/h7-8,12-13,17H,4-6,9-11,14-16H2,1-3H3. The van der Waals surface area contributed by atoms with Crippen molar-refractivity contribution in [2.75, 3.05) is 26.7 Å². The van der Waals surface area contributed by atoms with Crippen molar-refractivity contribution in [2.45, 2.75) is 52.4 Å². The molecule has 1 unspecified atom stereocenters. The molecule has 2 aliphatic rings.